The molecule has 1 heterocycles. The number of hydrogen-bond donors (Lipinski definition) is 3. The summed E-state index contributed by atoms with van der Waals surface area (Å²) in [7, 11) is 0. The number of nitrogens with one attached hydrogen (secondary N) is 2. The molecule has 0 spiro atoms. The number of hydrazine groups is 2. The zero-order valence-electron chi connectivity index (χ0n) is 6.56. The maximum absolute atomic E-state index is 5.34. The van der Waals surface area contributed by atoms with Crippen LogP contribution < -0.4 is 16.7 Å². The Bertz CT molecular complexity index is 187. The summed E-state index contributed by atoms with van der Waals surface area (Å²) in [6.07, 6.45) is 4.95. The summed E-state index contributed by atoms with van der Waals surface area (Å²) in [5.74, 6) is 5.34. The molecule has 1 aliphatic carbocycles. The average Bonchev–Trinajstić information content (AvgIpc) is 2.47. The van der Waals surface area contributed by atoms with Gasteiger partial charge >= 0.3 is 0 Å². The summed E-state index contributed by atoms with van der Waals surface area (Å²) in [6.45, 7) is 0.821. The number of allylic oxidation sites excluding steroid dienone is 2. The molecule has 0 amide bonds. The van der Waals surface area contributed by atoms with Gasteiger partial charge in [0.15, 0.2) is 0 Å². The van der Waals surface area contributed by atoms with Crippen LogP contribution in [0.4, 0.5) is 0 Å². The number of hydrogen-bond acceptors (Lipinski definition) is 4. The molecule has 4 heteroatoms. The first kappa shape index (κ1) is 6.94. The van der Waals surface area contributed by atoms with Gasteiger partial charge in [0.2, 0.25) is 0 Å². The van der Waals surface area contributed by atoms with E-state index in [1.807, 2.05) is 5.01 Å². The maximum atomic E-state index is 5.34. The second kappa shape index (κ2) is 2.71. The van der Waals surface area contributed by atoms with Crippen molar-refractivity contribution in [3.05, 3.63) is 11.4 Å². The first-order valence-electron chi connectivity index (χ1n) is 4.11. The molecule has 0 fully saturated rings. The van der Waals surface area contributed by atoms with Crippen LogP contribution >= 0.6 is 0 Å². The molecule has 0 aromatic carbocycles. The molecule has 0 radical (unpaired) electrons. The number of nitrogens with two attached hydrogens (primary N) is 1. The third kappa shape index (κ3) is 1.08. The van der Waals surface area contributed by atoms with Gasteiger partial charge < -0.3 is 5.32 Å². The second-order valence-corrected chi connectivity index (χ2v) is 3.02. The lowest BCUT2D eigenvalue weighted by molar-refractivity contribution is 0.254. The highest BCUT2D eigenvalue weighted by molar-refractivity contribution is 5.17. The predicted octanol–water partition coefficient (Wildman–Crippen LogP) is 0.0130. The van der Waals surface area contributed by atoms with Gasteiger partial charge in [-0.25, -0.2) is 0 Å². The van der Waals surface area contributed by atoms with Crippen LogP contribution in [0.2, 0.25) is 0 Å². The van der Waals surface area contributed by atoms with Gasteiger partial charge in [-0.3, -0.25) is 10.9 Å². The Hall–Kier alpha value is -0.740. The molecular weight excluding hydrogens is 140 g/mol. The van der Waals surface area contributed by atoms with Crippen molar-refractivity contribution in [2.75, 3.05) is 6.67 Å². The van der Waals surface area contributed by atoms with Gasteiger partial charge in [0, 0.05) is 5.70 Å². The maximum Gasteiger partial charge on any atom is 0.104 e. The van der Waals surface area contributed by atoms with Crippen molar-refractivity contribution in [3.8, 4) is 0 Å². The number of rotatable bonds is 1. The molecule has 4 nitrogen and oxygen atoms in total. The topological polar surface area (TPSA) is 53.3 Å². The minimum absolute atomic E-state index is 0.821. The molecule has 2 aliphatic rings. The Balaban J connectivity index is 2.15. The van der Waals surface area contributed by atoms with Crippen LogP contribution in [0.1, 0.15) is 25.7 Å². The van der Waals surface area contributed by atoms with E-state index in [1.54, 1.807) is 0 Å². The van der Waals surface area contributed by atoms with E-state index in [1.165, 1.54) is 30.7 Å². The van der Waals surface area contributed by atoms with Gasteiger partial charge in [-0.05, 0) is 25.7 Å². The van der Waals surface area contributed by atoms with E-state index in [4.69, 9.17) is 5.84 Å². The molecule has 62 valence electrons. The summed E-state index contributed by atoms with van der Waals surface area (Å²) in [5, 5.41) is 5.30. The van der Waals surface area contributed by atoms with E-state index in [2.05, 4.69) is 10.9 Å². The van der Waals surface area contributed by atoms with E-state index in [9.17, 15) is 0 Å². The van der Waals surface area contributed by atoms with Crippen LogP contribution in [0.3, 0.4) is 0 Å². The molecule has 0 atom stereocenters. The van der Waals surface area contributed by atoms with Crippen molar-refractivity contribution in [3.63, 3.8) is 0 Å². The highest BCUT2D eigenvalue weighted by Crippen LogP contribution is 2.27. The van der Waals surface area contributed by atoms with Crippen LogP contribution in [0, 0.1) is 0 Å². The second-order valence-electron chi connectivity index (χ2n) is 3.02. The summed E-state index contributed by atoms with van der Waals surface area (Å²) in [4.78, 5) is 0. The predicted molar refractivity (Wildman–Crippen MR) is 42.7 cm³/mol. The monoisotopic (exact) mass is 154 g/mol. The average molecular weight is 154 g/mol. The molecule has 1 aliphatic heterocycles. The summed E-state index contributed by atoms with van der Waals surface area (Å²) in [5.41, 5.74) is 5.42. The van der Waals surface area contributed by atoms with Crippen LogP contribution in [-0.4, -0.2) is 11.7 Å². The van der Waals surface area contributed by atoms with Crippen LogP contribution in [0.5, 0.6) is 0 Å². The fourth-order valence-electron chi connectivity index (χ4n) is 1.77. The van der Waals surface area contributed by atoms with E-state index in [0.717, 1.165) is 13.1 Å². The Labute approximate surface area is 66.4 Å². The Kier molecular flexibility index (Phi) is 1.71. The largest absolute Gasteiger partial charge is 0.369 e. The fraction of sp³-hybridized carbons (Fsp3) is 0.714. The zero-order valence-corrected chi connectivity index (χ0v) is 6.56. The number of nitrogens with zero attached hydrogens (tertiary/aromatic N) is 1. The summed E-state index contributed by atoms with van der Waals surface area (Å²) < 4.78 is 0. The Morgan fingerprint density at radius 1 is 1.36 bits per heavy atom. The van der Waals surface area contributed by atoms with Crippen molar-refractivity contribution in [2.45, 2.75) is 25.7 Å². The lowest BCUT2D eigenvalue weighted by Crippen LogP contribution is -2.42. The van der Waals surface area contributed by atoms with Crippen LogP contribution in [0.25, 0.3) is 0 Å². The first-order valence-corrected chi connectivity index (χ1v) is 4.11. The van der Waals surface area contributed by atoms with Gasteiger partial charge in [-0.15, -0.1) is 0 Å². The van der Waals surface area contributed by atoms with Gasteiger partial charge in [-0.2, -0.15) is 5.53 Å². The van der Waals surface area contributed by atoms with Crippen LogP contribution in [0.15, 0.2) is 11.4 Å². The lowest BCUT2D eigenvalue weighted by Gasteiger charge is -2.20. The van der Waals surface area contributed by atoms with Crippen molar-refractivity contribution < 1.29 is 0 Å². The summed E-state index contributed by atoms with van der Waals surface area (Å²) in [6, 6.07) is 0. The minimum atomic E-state index is 0.821. The van der Waals surface area contributed by atoms with Crippen molar-refractivity contribution in [1.29, 1.82) is 0 Å². The van der Waals surface area contributed by atoms with E-state index >= 15 is 0 Å². The molecule has 0 aromatic heterocycles. The molecule has 11 heavy (non-hydrogen) atoms. The zero-order chi connectivity index (χ0) is 7.68. The van der Waals surface area contributed by atoms with Gasteiger partial charge in [-0.1, -0.05) is 0 Å². The van der Waals surface area contributed by atoms with E-state index in [-0.39, 0.29) is 0 Å². The third-order valence-electron chi connectivity index (χ3n) is 2.37. The molecule has 0 saturated heterocycles. The minimum Gasteiger partial charge on any atom is -0.369 e. The standard InChI is InChI=1S/C7H14N4/c8-10-11-5-9-6-3-1-2-4-7(6)11/h9-10H,1-5,8H2. The summed E-state index contributed by atoms with van der Waals surface area (Å²) >= 11 is 0. The molecular formula is C7H14N4. The molecule has 0 unspecified atom stereocenters. The molecule has 0 bridgehead atoms. The fourth-order valence-corrected chi connectivity index (χ4v) is 1.77. The van der Waals surface area contributed by atoms with Gasteiger partial charge in [0.25, 0.3) is 0 Å². The molecule has 0 aromatic rings. The quantitative estimate of drug-likeness (QED) is 0.368. The SMILES string of the molecule is NNN1CNC2=C1CCCC2. The highest BCUT2D eigenvalue weighted by atomic mass is 15.7. The van der Waals surface area contributed by atoms with Crippen LogP contribution in [-0.2, 0) is 0 Å². The van der Waals surface area contributed by atoms with Crippen molar-refractivity contribution >= 4 is 0 Å². The smallest absolute Gasteiger partial charge is 0.104 e. The third-order valence-corrected chi connectivity index (χ3v) is 2.37. The Morgan fingerprint density at radius 3 is 3.00 bits per heavy atom. The van der Waals surface area contributed by atoms with E-state index in [0.29, 0.717) is 0 Å². The normalized spacial score (nSPS) is 23.5. The molecule has 2 rings (SSSR count). The lowest BCUT2D eigenvalue weighted by atomic mass is 10.0. The molecule has 0 saturated carbocycles. The highest BCUT2D eigenvalue weighted by Gasteiger charge is 2.22. The van der Waals surface area contributed by atoms with Crippen molar-refractivity contribution in [2.24, 2.45) is 5.84 Å². The molecule has 4 N–H and O–H groups in total. The van der Waals surface area contributed by atoms with Gasteiger partial charge in [0.1, 0.15) is 6.67 Å². The first-order chi connectivity index (χ1) is 5.42. The Morgan fingerprint density at radius 2 is 2.18 bits per heavy atom. The van der Waals surface area contributed by atoms with E-state index < -0.39 is 0 Å². The van der Waals surface area contributed by atoms with Crippen molar-refractivity contribution in [1.82, 2.24) is 15.9 Å². The van der Waals surface area contributed by atoms with Gasteiger partial charge in [0.05, 0.1) is 5.70 Å².